The van der Waals surface area contributed by atoms with Gasteiger partial charge in [0.15, 0.2) is 6.61 Å². The van der Waals surface area contributed by atoms with Gasteiger partial charge in [-0.05, 0) is 25.1 Å². The molecule has 2 heterocycles. The van der Waals surface area contributed by atoms with Gasteiger partial charge in [0.2, 0.25) is 5.91 Å². The zero-order chi connectivity index (χ0) is 19.4. The number of carboxylic acids is 1. The van der Waals surface area contributed by atoms with Crippen molar-refractivity contribution in [3.05, 3.63) is 42.4 Å². The average molecular weight is 370 g/mol. The van der Waals surface area contributed by atoms with Crippen LogP contribution in [-0.2, 0) is 16.1 Å². The fraction of sp³-hybridized carbons (Fsp3) is 0.368. The first-order valence-electron chi connectivity index (χ1n) is 8.68. The molecule has 0 saturated carbocycles. The number of benzene rings is 1. The molecule has 1 aliphatic heterocycles. The molecule has 0 aliphatic carbocycles. The van der Waals surface area contributed by atoms with Crippen molar-refractivity contribution in [2.75, 3.05) is 26.7 Å². The number of amides is 1. The second kappa shape index (κ2) is 8.13. The lowest BCUT2D eigenvalue weighted by molar-refractivity contribution is -0.140. The topological polar surface area (TPSA) is 95.9 Å². The molecule has 2 aromatic rings. The molecule has 1 aliphatic rings. The molecular weight excluding hydrogens is 348 g/mol. The maximum atomic E-state index is 12.3. The van der Waals surface area contributed by atoms with Gasteiger partial charge in [0.1, 0.15) is 5.75 Å². The van der Waals surface area contributed by atoms with Crippen LogP contribution in [0.15, 0.2) is 36.8 Å². The van der Waals surface area contributed by atoms with Crippen molar-refractivity contribution in [1.82, 2.24) is 19.8 Å². The van der Waals surface area contributed by atoms with E-state index < -0.39 is 12.6 Å². The third-order valence-corrected chi connectivity index (χ3v) is 4.65. The predicted octanol–water partition coefficient (Wildman–Crippen LogP) is 1.27. The summed E-state index contributed by atoms with van der Waals surface area (Å²) in [5.41, 5.74) is 2.38. The van der Waals surface area contributed by atoms with E-state index in [0.29, 0.717) is 24.5 Å². The van der Waals surface area contributed by atoms with E-state index in [1.807, 2.05) is 19.1 Å². The standard InChI is InChI=1S/C19H22N4O4/c1-13-19(26)22(2)7-8-23(13)11-15-9-14(16-10-20-5-6-21-16)3-4-17(15)27-12-18(24)25/h3-6,9-10,13H,7-8,11-12H2,1-2H3,(H,24,25)/t13-/m1/s1. The zero-order valence-corrected chi connectivity index (χ0v) is 15.3. The van der Waals surface area contributed by atoms with Crippen LogP contribution in [0.4, 0.5) is 0 Å². The number of hydrogen-bond acceptors (Lipinski definition) is 6. The summed E-state index contributed by atoms with van der Waals surface area (Å²) in [6.07, 6.45) is 4.89. The largest absolute Gasteiger partial charge is 0.482 e. The van der Waals surface area contributed by atoms with Crippen LogP contribution in [-0.4, -0.2) is 69.5 Å². The Morgan fingerprint density at radius 2 is 2.15 bits per heavy atom. The molecule has 142 valence electrons. The van der Waals surface area contributed by atoms with E-state index in [0.717, 1.165) is 17.7 Å². The number of likely N-dealkylation sites (N-methyl/N-ethyl adjacent to an activating group) is 1. The summed E-state index contributed by atoms with van der Waals surface area (Å²) < 4.78 is 5.46. The predicted molar refractivity (Wildman–Crippen MR) is 98.1 cm³/mol. The van der Waals surface area contributed by atoms with Crippen LogP contribution in [0, 0.1) is 0 Å². The van der Waals surface area contributed by atoms with E-state index >= 15 is 0 Å². The van der Waals surface area contributed by atoms with Gasteiger partial charge < -0.3 is 14.7 Å². The monoisotopic (exact) mass is 370 g/mol. The molecule has 8 heteroatoms. The second-order valence-corrected chi connectivity index (χ2v) is 6.50. The maximum Gasteiger partial charge on any atom is 0.341 e. The molecule has 1 N–H and O–H groups in total. The van der Waals surface area contributed by atoms with Gasteiger partial charge in [-0.15, -0.1) is 0 Å². The number of carbonyl (C=O) groups is 2. The quantitative estimate of drug-likeness (QED) is 0.818. The van der Waals surface area contributed by atoms with Crippen molar-refractivity contribution >= 4 is 11.9 Å². The first kappa shape index (κ1) is 18.8. The number of carbonyl (C=O) groups excluding carboxylic acids is 1. The molecule has 1 fully saturated rings. The lowest BCUT2D eigenvalue weighted by atomic mass is 10.0. The van der Waals surface area contributed by atoms with E-state index in [1.54, 1.807) is 36.6 Å². The Balaban J connectivity index is 1.89. The SMILES string of the molecule is C[C@@H]1C(=O)N(C)CCN1Cc1cc(-c2cnccn2)ccc1OCC(=O)O. The highest BCUT2D eigenvalue weighted by molar-refractivity contribution is 5.82. The summed E-state index contributed by atoms with van der Waals surface area (Å²) in [6, 6.07) is 5.22. The number of nitrogens with zero attached hydrogens (tertiary/aromatic N) is 4. The van der Waals surface area contributed by atoms with Gasteiger partial charge in [-0.25, -0.2) is 4.79 Å². The number of piperazine rings is 1. The molecule has 0 unspecified atom stereocenters. The van der Waals surface area contributed by atoms with Gasteiger partial charge >= 0.3 is 5.97 Å². The highest BCUT2D eigenvalue weighted by atomic mass is 16.5. The van der Waals surface area contributed by atoms with Crippen LogP contribution in [0.1, 0.15) is 12.5 Å². The van der Waals surface area contributed by atoms with Crippen LogP contribution < -0.4 is 4.74 Å². The van der Waals surface area contributed by atoms with Crippen molar-refractivity contribution in [3.8, 4) is 17.0 Å². The van der Waals surface area contributed by atoms with Crippen LogP contribution in [0.3, 0.4) is 0 Å². The smallest absolute Gasteiger partial charge is 0.341 e. The van der Waals surface area contributed by atoms with E-state index in [9.17, 15) is 9.59 Å². The van der Waals surface area contributed by atoms with Gasteiger partial charge in [-0.3, -0.25) is 19.7 Å². The summed E-state index contributed by atoms with van der Waals surface area (Å²) in [7, 11) is 1.80. The fourth-order valence-corrected chi connectivity index (χ4v) is 3.08. The van der Waals surface area contributed by atoms with Gasteiger partial charge in [0.25, 0.3) is 0 Å². The summed E-state index contributed by atoms with van der Waals surface area (Å²) in [5.74, 6) is -0.481. The Kier molecular flexibility index (Phi) is 5.66. The summed E-state index contributed by atoms with van der Waals surface area (Å²) in [5, 5.41) is 8.92. The molecule has 1 aromatic carbocycles. The van der Waals surface area contributed by atoms with Crippen molar-refractivity contribution in [3.63, 3.8) is 0 Å². The van der Waals surface area contributed by atoms with E-state index in [4.69, 9.17) is 9.84 Å². The van der Waals surface area contributed by atoms with Crippen LogP contribution in [0.5, 0.6) is 5.75 Å². The highest BCUT2D eigenvalue weighted by Crippen LogP contribution is 2.28. The van der Waals surface area contributed by atoms with Crippen molar-refractivity contribution < 1.29 is 19.4 Å². The molecular formula is C19H22N4O4. The van der Waals surface area contributed by atoms with E-state index in [1.165, 1.54) is 0 Å². The Bertz CT molecular complexity index is 828. The third-order valence-electron chi connectivity index (χ3n) is 4.65. The first-order chi connectivity index (χ1) is 13.0. The number of ether oxygens (including phenoxy) is 1. The fourth-order valence-electron chi connectivity index (χ4n) is 3.08. The zero-order valence-electron chi connectivity index (χ0n) is 15.3. The van der Waals surface area contributed by atoms with Gasteiger partial charge in [0.05, 0.1) is 17.9 Å². The summed E-state index contributed by atoms with van der Waals surface area (Å²) in [6.45, 7) is 3.32. The molecule has 0 spiro atoms. The van der Waals surface area contributed by atoms with E-state index in [2.05, 4.69) is 14.9 Å². The van der Waals surface area contributed by atoms with Crippen LogP contribution >= 0.6 is 0 Å². The number of aliphatic carboxylic acids is 1. The maximum absolute atomic E-state index is 12.3. The third kappa shape index (κ3) is 4.40. The Morgan fingerprint density at radius 1 is 1.33 bits per heavy atom. The minimum Gasteiger partial charge on any atom is -0.482 e. The summed E-state index contributed by atoms with van der Waals surface area (Å²) >= 11 is 0. The number of hydrogen-bond donors (Lipinski definition) is 1. The molecule has 1 aromatic heterocycles. The molecule has 8 nitrogen and oxygen atoms in total. The number of rotatable bonds is 6. The van der Waals surface area contributed by atoms with E-state index in [-0.39, 0.29) is 11.9 Å². The molecule has 1 atom stereocenters. The lowest BCUT2D eigenvalue weighted by Crippen LogP contribution is -2.53. The van der Waals surface area contributed by atoms with Crippen molar-refractivity contribution in [2.45, 2.75) is 19.5 Å². The first-order valence-corrected chi connectivity index (χ1v) is 8.68. The van der Waals surface area contributed by atoms with Crippen molar-refractivity contribution in [2.24, 2.45) is 0 Å². The molecule has 27 heavy (non-hydrogen) atoms. The molecule has 1 saturated heterocycles. The second-order valence-electron chi connectivity index (χ2n) is 6.50. The Labute approximate surface area is 157 Å². The lowest BCUT2D eigenvalue weighted by Gasteiger charge is -2.37. The Hall–Kier alpha value is -3.00. The van der Waals surface area contributed by atoms with Gasteiger partial charge in [-0.1, -0.05) is 0 Å². The van der Waals surface area contributed by atoms with Gasteiger partial charge in [-0.2, -0.15) is 0 Å². The number of carboxylic acid groups (broad SMARTS) is 1. The molecule has 3 rings (SSSR count). The molecule has 0 radical (unpaired) electrons. The molecule has 0 bridgehead atoms. The van der Waals surface area contributed by atoms with Crippen LogP contribution in [0.2, 0.25) is 0 Å². The average Bonchev–Trinajstić information content (AvgIpc) is 2.68. The Morgan fingerprint density at radius 3 is 2.85 bits per heavy atom. The minimum absolute atomic E-state index is 0.0688. The molecule has 1 amide bonds. The van der Waals surface area contributed by atoms with Crippen LogP contribution in [0.25, 0.3) is 11.3 Å². The highest BCUT2D eigenvalue weighted by Gasteiger charge is 2.29. The minimum atomic E-state index is -1.04. The van der Waals surface area contributed by atoms with Gasteiger partial charge in [0, 0.05) is 50.2 Å². The number of aromatic nitrogens is 2. The normalized spacial score (nSPS) is 17.8. The van der Waals surface area contributed by atoms with Crippen molar-refractivity contribution in [1.29, 1.82) is 0 Å². The summed E-state index contributed by atoms with van der Waals surface area (Å²) in [4.78, 5) is 35.3.